The summed E-state index contributed by atoms with van der Waals surface area (Å²) in [6.07, 6.45) is 1.51. The maximum atomic E-state index is 12.5. The van der Waals surface area contributed by atoms with Gasteiger partial charge in [-0.2, -0.15) is 0 Å². The molecule has 1 aromatic heterocycles. The molecule has 2 aromatic rings. The second-order valence-corrected chi connectivity index (χ2v) is 4.81. The largest absolute Gasteiger partial charge is 0.493 e. The lowest BCUT2D eigenvalue weighted by Gasteiger charge is -2.24. The zero-order chi connectivity index (χ0) is 14.8. The van der Waals surface area contributed by atoms with Crippen molar-refractivity contribution >= 4 is 11.6 Å². The third-order valence-corrected chi connectivity index (χ3v) is 3.49. The number of ether oxygens (including phenoxy) is 2. The highest BCUT2D eigenvalue weighted by Gasteiger charge is 2.32. The highest BCUT2D eigenvalue weighted by molar-refractivity contribution is 6.05. The zero-order valence-electron chi connectivity index (χ0n) is 11.5. The lowest BCUT2D eigenvalue weighted by atomic mass is 9.90. The molecule has 21 heavy (non-hydrogen) atoms. The van der Waals surface area contributed by atoms with Crippen LogP contribution in [0.3, 0.4) is 0 Å². The highest BCUT2D eigenvalue weighted by atomic mass is 16.5. The number of Topliss-reactive ketones (excluding diaryl/α,β-unsaturated/α-hetero) is 2. The lowest BCUT2D eigenvalue weighted by molar-refractivity contribution is 0.0756. The van der Waals surface area contributed by atoms with Crippen LogP contribution in [0.2, 0.25) is 0 Å². The number of carbonyl (C=O) groups is 2. The fourth-order valence-corrected chi connectivity index (χ4v) is 2.41. The number of furan rings is 1. The number of carbonyl (C=O) groups excluding carboxylic acids is 2. The van der Waals surface area contributed by atoms with E-state index >= 15 is 0 Å². The standard InChI is InChI=1S/C16H14O5/c1-19-14-5-2-4-11-15(18)10(9-21-16(11)14)8-12(17)13-6-3-7-20-13/h2-7,10H,8-9H2,1H3. The molecule has 5 nitrogen and oxygen atoms in total. The van der Waals surface area contributed by atoms with Crippen LogP contribution >= 0.6 is 0 Å². The normalized spacial score (nSPS) is 17.0. The third kappa shape index (κ3) is 2.42. The van der Waals surface area contributed by atoms with Crippen molar-refractivity contribution in [3.63, 3.8) is 0 Å². The van der Waals surface area contributed by atoms with Gasteiger partial charge < -0.3 is 13.9 Å². The monoisotopic (exact) mass is 286 g/mol. The fraction of sp³-hybridized carbons (Fsp3) is 0.250. The fourth-order valence-electron chi connectivity index (χ4n) is 2.41. The average molecular weight is 286 g/mol. The van der Waals surface area contributed by atoms with Gasteiger partial charge in [-0.3, -0.25) is 9.59 Å². The predicted octanol–water partition coefficient (Wildman–Crippen LogP) is 2.75. The van der Waals surface area contributed by atoms with E-state index in [1.54, 1.807) is 30.3 Å². The summed E-state index contributed by atoms with van der Waals surface area (Å²) in [5, 5.41) is 0. The molecule has 0 fully saturated rings. The molecule has 0 aliphatic carbocycles. The van der Waals surface area contributed by atoms with Crippen LogP contribution < -0.4 is 9.47 Å². The van der Waals surface area contributed by atoms with Crippen LogP contribution in [0.4, 0.5) is 0 Å². The van der Waals surface area contributed by atoms with Gasteiger partial charge in [0, 0.05) is 6.42 Å². The van der Waals surface area contributed by atoms with Crippen molar-refractivity contribution in [3.8, 4) is 11.5 Å². The van der Waals surface area contributed by atoms with Crippen molar-refractivity contribution in [2.45, 2.75) is 6.42 Å². The van der Waals surface area contributed by atoms with E-state index < -0.39 is 5.92 Å². The van der Waals surface area contributed by atoms with Gasteiger partial charge in [0.2, 0.25) is 0 Å². The molecule has 2 heterocycles. The van der Waals surface area contributed by atoms with Crippen molar-refractivity contribution in [2.75, 3.05) is 13.7 Å². The Hall–Kier alpha value is -2.56. The lowest BCUT2D eigenvalue weighted by Crippen LogP contribution is -2.30. The number of rotatable bonds is 4. The van der Waals surface area contributed by atoms with Crippen molar-refractivity contribution in [3.05, 3.63) is 47.9 Å². The molecule has 1 aliphatic rings. The summed E-state index contributed by atoms with van der Waals surface area (Å²) in [7, 11) is 1.52. The molecule has 0 bridgehead atoms. The Kier molecular flexibility index (Phi) is 3.48. The van der Waals surface area contributed by atoms with E-state index in [-0.39, 0.29) is 30.4 Å². The molecule has 0 N–H and O–H groups in total. The van der Waals surface area contributed by atoms with Gasteiger partial charge in [0.05, 0.1) is 31.5 Å². The van der Waals surface area contributed by atoms with Crippen molar-refractivity contribution in [1.29, 1.82) is 0 Å². The van der Waals surface area contributed by atoms with Crippen molar-refractivity contribution in [2.24, 2.45) is 5.92 Å². The molecule has 1 atom stereocenters. The first-order valence-electron chi connectivity index (χ1n) is 6.61. The molecule has 0 spiro atoms. The molecule has 108 valence electrons. The van der Waals surface area contributed by atoms with Gasteiger partial charge in [-0.05, 0) is 24.3 Å². The summed E-state index contributed by atoms with van der Waals surface area (Å²) in [4.78, 5) is 24.5. The second-order valence-electron chi connectivity index (χ2n) is 4.81. The molecule has 1 unspecified atom stereocenters. The molecule has 1 aliphatic heterocycles. The maximum absolute atomic E-state index is 12.5. The predicted molar refractivity (Wildman–Crippen MR) is 74.0 cm³/mol. The Labute approximate surface area is 121 Å². The van der Waals surface area contributed by atoms with E-state index in [9.17, 15) is 9.59 Å². The molecule has 0 saturated carbocycles. The van der Waals surface area contributed by atoms with Gasteiger partial charge in [0.25, 0.3) is 0 Å². The van der Waals surface area contributed by atoms with Crippen LogP contribution in [0.5, 0.6) is 11.5 Å². The Morgan fingerprint density at radius 3 is 2.90 bits per heavy atom. The van der Waals surface area contributed by atoms with Gasteiger partial charge in [-0.25, -0.2) is 0 Å². The highest BCUT2D eigenvalue weighted by Crippen LogP contribution is 2.36. The SMILES string of the molecule is COc1cccc2c1OCC(CC(=O)c1ccco1)C2=O. The van der Waals surface area contributed by atoms with Gasteiger partial charge in [0.15, 0.2) is 28.8 Å². The number of benzene rings is 1. The Morgan fingerprint density at radius 2 is 2.19 bits per heavy atom. The molecule has 3 rings (SSSR count). The zero-order valence-corrected chi connectivity index (χ0v) is 11.5. The Morgan fingerprint density at radius 1 is 1.33 bits per heavy atom. The molecule has 0 radical (unpaired) electrons. The minimum atomic E-state index is -0.498. The van der Waals surface area contributed by atoms with E-state index in [0.29, 0.717) is 17.1 Å². The molecule has 0 amide bonds. The minimum Gasteiger partial charge on any atom is -0.493 e. The number of fused-ring (bicyclic) bond motifs is 1. The van der Waals surface area contributed by atoms with E-state index in [1.807, 2.05) is 0 Å². The van der Waals surface area contributed by atoms with Gasteiger partial charge >= 0.3 is 0 Å². The number of methoxy groups -OCH3 is 1. The Bertz CT molecular complexity index is 672. The summed E-state index contributed by atoms with van der Waals surface area (Å²) < 4.78 is 15.9. The average Bonchev–Trinajstić information content (AvgIpc) is 3.04. The van der Waals surface area contributed by atoms with Crippen LogP contribution in [0.1, 0.15) is 27.3 Å². The van der Waals surface area contributed by atoms with E-state index in [2.05, 4.69) is 0 Å². The van der Waals surface area contributed by atoms with Gasteiger partial charge in [-0.1, -0.05) is 6.07 Å². The first-order chi connectivity index (χ1) is 10.2. The van der Waals surface area contributed by atoms with Crippen LogP contribution in [0.15, 0.2) is 41.0 Å². The van der Waals surface area contributed by atoms with E-state index in [0.717, 1.165) is 0 Å². The summed E-state index contributed by atoms with van der Waals surface area (Å²) in [6, 6.07) is 8.39. The molecular weight excluding hydrogens is 272 g/mol. The summed E-state index contributed by atoms with van der Waals surface area (Å²) in [5.74, 6) is 0.438. The number of hydrogen-bond donors (Lipinski definition) is 0. The minimum absolute atomic E-state index is 0.0724. The first-order valence-corrected chi connectivity index (χ1v) is 6.61. The van der Waals surface area contributed by atoms with Crippen LogP contribution in [-0.2, 0) is 0 Å². The molecule has 5 heteroatoms. The first kappa shape index (κ1) is 13.4. The quantitative estimate of drug-likeness (QED) is 0.808. The van der Waals surface area contributed by atoms with Crippen molar-refractivity contribution < 1.29 is 23.5 Å². The topological polar surface area (TPSA) is 65.7 Å². The molecular formula is C16H14O5. The Balaban J connectivity index is 1.81. The van der Waals surface area contributed by atoms with Crippen LogP contribution in [0, 0.1) is 5.92 Å². The summed E-state index contributed by atoms with van der Waals surface area (Å²) >= 11 is 0. The van der Waals surface area contributed by atoms with Gasteiger partial charge in [0.1, 0.15) is 0 Å². The van der Waals surface area contributed by atoms with Crippen LogP contribution in [-0.4, -0.2) is 25.3 Å². The number of para-hydroxylation sites is 1. The molecule has 0 saturated heterocycles. The maximum Gasteiger partial charge on any atom is 0.198 e. The van der Waals surface area contributed by atoms with Crippen molar-refractivity contribution in [1.82, 2.24) is 0 Å². The smallest absolute Gasteiger partial charge is 0.198 e. The number of hydrogen-bond acceptors (Lipinski definition) is 5. The summed E-state index contributed by atoms with van der Waals surface area (Å²) in [6.45, 7) is 0.165. The van der Waals surface area contributed by atoms with E-state index in [4.69, 9.17) is 13.9 Å². The number of ketones is 2. The van der Waals surface area contributed by atoms with E-state index in [1.165, 1.54) is 13.4 Å². The third-order valence-electron chi connectivity index (χ3n) is 3.49. The summed E-state index contributed by atoms with van der Waals surface area (Å²) in [5.41, 5.74) is 0.456. The van der Waals surface area contributed by atoms with Gasteiger partial charge in [-0.15, -0.1) is 0 Å². The second kappa shape index (κ2) is 5.44. The molecule has 1 aromatic carbocycles. The van der Waals surface area contributed by atoms with Crippen LogP contribution in [0.25, 0.3) is 0 Å².